The summed E-state index contributed by atoms with van der Waals surface area (Å²) in [7, 11) is 0. The molecule has 26 heavy (non-hydrogen) atoms. The van der Waals surface area contributed by atoms with Gasteiger partial charge in [-0.05, 0) is 37.1 Å². The Bertz CT molecular complexity index is 720. The molecular formula is C16H20ClF3N4O2. The van der Waals surface area contributed by atoms with Gasteiger partial charge in [0.05, 0.1) is 5.41 Å². The Kier molecular flexibility index (Phi) is 7.16. The Morgan fingerprint density at radius 2 is 1.77 bits per heavy atom. The minimum atomic E-state index is -4.69. The van der Waals surface area contributed by atoms with Crippen LogP contribution in [0.15, 0.2) is 28.8 Å². The third-order valence-corrected chi connectivity index (χ3v) is 4.30. The molecule has 0 aliphatic carbocycles. The van der Waals surface area contributed by atoms with Gasteiger partial charge in [0.15, 0.2) is 0 Å². The Hall–Kier alpha value is -2.13. The van der Waals surface area contributed by atoms with E-state index in [1.165, 1.54) is 12.1 Å². The zero-order chi connectivity index (χ0) is 18.7. The molecule has 1 amide bonds. The Morgan fingerprint density at radius 1 is 1.19 bits per heavy atom. The molecule has 2 aromatic rings. The zero-order valence-corrected chi connectivity index (χ0v) is 15.1. The molecular weight excluding hydrogens is 373 g/mol. The van der Waals surface area contributed by atoms with Crippen molar-refractivity contribution in [2.45, 2.75) is 32.9 Å². The van der Waals surface area contributed by atoms with E-state index in [4.69, 9.17) is 5.73 Å². The highest BCUT2D eigenvalue weighted by Crippen LogP contribution is 2.30. The first-order chi connectivity index (χ1) is 11.8. The van der Waals surface area contributed by atoms with Gasteiger partial charge in [-0.15, -0.1) is 12.4 Å². The number of carbonyl (C=O) groups excluding carboxylic acids is 1. The molecule has 0 saturated carbocycles. The largest absolute Gasteiger partial charge is 0.471 e. The Morgan fingerprint density at radius 3 is 2.19 bits per heavy atom. The summed E-state index contributed by atoms with van der Waals surface area (Å²) in [5, 5.41) is 6.09. The van der Waals surface area contributed by atoms with E-state index in [1.54, 1.807) is 12.1 Å². The van der Waals surface area contributed by atoms with Crippen LogP contribution < -0.4 is 11.1 Å². The summed E-state index contributed by atoms with van der Waals surface area (Å²) in [4.78, 5) is 15.8. The molecule has 144 valence electrons. The normalized spacial score (nSPS) is 11.8. The lowest BCUT2D eigenvalue weighted by Crippen LogP contribution is -2.41. The first-order valence-electron chi connectivity index (χ1n) is 7.78. The number of halogens is 4. The summed E-state index contributed by atoms with van der Waals surface area (Å²) in [6.45, 7) is 4.02. The summed E-state index contributed by atoms with van der Waals surface area (Å²) in [6, 6.07) is 6.12. The van der Waals surface area contributed by atoms with Crippen LogP contribution in [0.5, 0.6) is 0 Å². The van der Waals surface area contributed by atoms with Gasteiger partial charge in [0.25, 0.3) is 0 Å². The molecule has 2 rings (SSSR count). The minimum absolute atomic E-state index is 0. The fraction of sp³-hybridized carbons (Fsp3) is 0.438. The van der Waals surface area contributed by atoms with Gasteiger partial charge in [-0.1, -0.05) is 19.0 Å². The second kappa shape index (κ2) is 8.50. The highest BCUT2D eigenvalue weighted by atomic mass is 35.5. The van der Waals surface area contributed by atoms with Gasteiger partial charge in [0.2, 0.25) is 11.7 Å². The van der Waals surface area contributed by atoms with Gasteiger partial charge in [-0.2, -0.15) is 18.2 Å². The molecule has 1 heterocycles. The maximum atomic E-state index is 12.5. The Balaban J connectivity index is 0.00000338. The van der Waals surface area contributed by atoms with Crippen LogP contribution in [0.3, 0.4) is 0 Å². The van der Waals surface area contributed by atoms with E-state index >= 15 is 0 Å². The van der Waals surface area contributed by atoms with E-state index < -0.39 is 17.5 Å². The van der Waals surface area contributed by atoms with Gasteiger partial charge in [-0.3, -0.25) is 4.79 Å². The molecule has 0 fully saturated rings. The number of amides is 1. The van der Waals surface area contributed by atoms with Gasteiger partial charge < -0.3 is 15.6 Å². The maximum absolute atomic E-state index is 12.5. The molecule has 0 aliphatic rings. The predicted molar refractivity (Wildman–Crippen MR) is 92.7 cm³/mol. The third-order valence-electron chi connectivity index (χ3n) is 4.30. The molecule has 1 aromatic carbocycles. The number of alkyl halides is 3. The van der Waals surface area contributed by atoms with Gasteiger partial charge >= 0.3 is 12.1 Å². The number of aromatic nitrogens is 2. The van der Waals surface area contributed by atoms with Crippen LogP contribution in [-0.4, -0.2) is 22.6 Å². The topological polar surface area (TPSA) is 94.0 Å². The van der Waals surface area contributed by atoms with Crippen molar-refractivity contribution in [2.75, 3.05) is 11.9 Å². The van der Waals surface area contributed by atoms with Crippen LogP contribution in [0.2, 0.25) is 0 Å². The first kappa shape index (κ1) is 21.9. The van der Waals surface area contributed by atoms with E-state index in [2.05, 4.69) is 20.0 Å². The van der Waals surface area contributed by atoms with Crippen LogP contribution in [0.25, 0.3) is 11.4 Å². The van der Waals surface area contributed by atoms with Crippen molar-refractivity contribution in [3.63, 3.8) is 0 Å². The third kappa shape index (κ3) is 4.53. The number of carbonyl (C=O) groups is 1. The quantitative estimate of drug-likeness (QED) is 0.778. The molecule has 6 nitrogen and oxygen atoms in total. The molecule has 0 atom stereocenters. The standard InChI is InChI=1S/C16H19F3N4O2.ClH/c1-3-15(4-2,9-20)13(24)21-11-7-5-10(6-8-11)12-22-14(25-23-12)16(17,18)19;/h5-8H,3-4,9,20H2,1-2H3,(H,21,24);1H. The second-order valence-electron chi connectivity index (χ2n) is 5.64. The van der Waals surface area contributed by atoms with E-state index in [9.17, 15) is 18.0 Å². The summed E-state index contributed by atoms with van der Waals surface area (Å²) in [6.07, 6.45) is -3.48. The van der Waals surface area contributed by atoms with Crippen molar-refractivity contribution in [1.82, 2.24) is 10.1 Å². The summed E-state index contributed by atoms with van der Waals surface area (Å²) in [5.74, 6) is -1.77. The van der Waals surface area contributed by atoms with Crippen molar-refractivity contribution in [1.29, 1.82) is 0 Å². The van der Waals surface area contributed by atoms with Gasteiger partial charge in [-0.25, -0.2) is 0 Å². The fourth-order valence-corrected chi connectivity index (χ4v) is 2.37. The molecule has 0 bridgehead atoms. The number of anilines is 1. The minimum Gasteiger partial charge on any atom is -0.329 e. The second-order valence-corrected chi connectivity index (χ2v) is 5.64. The van der Waals surface area contributed by atoms with Gasteiger partial charge in [0.1, 0.15) is 0 Å². The number of benzene rings is 1. The van der Waals surface area contributed by atoms with Crippen molar-refractivity contribution in [2.24, 2.45) is 11.1 Å². The summed E-state index contributed by atoms with van der Waals surface area (Å²) in [5.41, 5.74) is 5.94. The summed E-state index contributed by atoms with van der Waals surface area (Å²) < 4.78 is 41.6. The molecule has 10 heteroatoms. The number of rotatable bonds is 6. The van der Waals surface area contributed by atoms with Gasteiger partial charge in [0, 0.05) is 17.8 Å². The monoisotopic (exact) mass is 392 g/mol. The molecule has 0 saturated heterocycles. The zero-order valence-electron chi connectivity index (χ0n) is 14.3. The van der Waals surface area contributed by atoms with Crippen LogP contribution >= 0.6 is 12.4 Å². The lowest BCUT2D eigenvalue weighted by atomic mass is 9.81. The molecule has 0 spiro atoms. The highest BCUT2D eigenvalue weighted by molar-refractivity contribution is 5.95. The summed E-state index contributed by atoms with van der Waals surface area (Å²) >= 11 is 0. The molecule has 0 aliphatic heterocycles. The Labute approximate surface area is 154 Å². The molecule has 0 unspecified atom stereocenters. The molecule has 3 N–H and O–H groups in total. The smallest absolute Gasteiger partial charge is 0.329 e. The van der Waals surface area contributed by atoms with E-state index in [-0.39, 0.29) is 30.7 Å². The number of nitrogens with one attached hydrogen (secondary N) is 1. The highest BCUT2D eigenvalue weighted by Gasteiger charge is 2.38. The van der Waals surface area contributed by atoms with Crippen molar-refractivity contribution in [3.8, 4) is 11.4 Å². The van der Waals surface area contributed by atoms with E-state index in [0.29, 0.717) is 24.1 Å². The van der Waals surface area contributed by atoms with E-state index in [1.807, 2.05) is 13.8 Å². The lowest BCUT2D eigenvalue weighted by Gasteiger charge is -2.28. The predicted octanol–water partition coefficient (Wildman–Crippen LogP) is 3.88. The lowest BCUT2D eigenvalue weighted by molar-refractivity contribution is -0.159. The first-order valence-corrected chi connectivity index (χ1v) is 7.78. The van der Waals surface area contributed by atoms with Crippen LogP contribution in [0, 0.1) is 5.41 Å². The number of hydrogen-bond acceptors (Lipinski definition) is 5. The number of nitrogens with two attached hydrogens (primary N) is 1. The van der Waals surface area contributed by atoms with Crippen molar-refractivity contribution >= 4 is 24.0 Å². The van der Waals surface area contributed by atoms with Crippen LogP contribution in [0.1, 0.15) is 32.6 Å². The van der Waals surface area contributed by atoms with Crippen LogP contribution in [-0.2, 0) is 11.0 Å². The van der Waals surface area contributed by atoms with Crippen LogP contribution in [0.4, 0.5) is 18.9 Å². The fourth-order valence-electron chi connectivity index (χ4n) is 2.37. The van der Waals surface area contributed by atoms with Crippen molar-refractivity contribution < 1.29 is 22.5 Å². The van der Waals surface area contributed by atoms with E-state index in [0.717, 1.165) is 0 Å². The SMILES string of the molecule is CCC(CC)(CN)C(=O)Nc1ccc(-c2noc(C(F)(F)F)n2)cc1.Cl. The number of hydrogen-bond donors (Lipinski definition) is 2. The molecule has 0 radical (unpaired) electrons. The average molecular weight is 393 g/mol. The molecule has 1 aromatic heterocycles. The average Bonchev–Trinajstić information content (AvgIpc) is 3.08. The number of nitrogens with zero attached hydrogens (tertiary/aromatic N) is 2. The van der Waals surface area contributed by atoms with Crippen molar-refractivity contribution in [3.05, 3.63) is 30.2 Å². The maximum Gasteiger partial charge on any atom is 0.471 e.